The van der Waals surface area contributed by atoms with Gasteiger partial charge in [0.2, 0.25) is 0 Å². The van der Waals surface area contributed by atoms with Crippen LogP contribution in [0.3, 0.4) is 0 Å². The first-order chi connectivity index (χ1) is 8.68. The van der Waals surface area contributed by atoms with E-state index in [1.807, 2.05) is 0 Å². The number of phenols is 1. The van der Waals surface area contributed by atoms with Crippen molar-refractivity contribution in [2.24, 2.45) is 0 Å². The summed E-state index contributed by atoms with van der Waals surface area (Å²) < 4.78 is 11.2. The monoisotopic (exact) mass is 248 g/mol. The van der Waals surface area contributed by atoms with Crippen molar-refractivity contribution in [3.8, 4) is 17.2 Å². The Balaban J connectivity index is 1.90. The molecule has 4 rings (SSSR count). The Kier molecular flexibility index (Phi) is 1.94. The van der Waals surface area contributed by atoms with Crippen molar-refractivity contribution >= 4 is 0 Å². The van der Waals surface area contributed by atoms with Crippen molar-refractivity contribution in [1.82, 2.24) is 0 Å². The predicted octanol–water partition coefficient (Wildman–Crippen LogP) is 1.33. The van der Waals surface area contributed by atoms with E-state index in [1.165, 1.54) is 0 Å². The van der Waals surface area contributed by atoms with Gasteiger partial charge >= 0.3 is 0 Å². The van der Waals surface area contributed by atoms with Gasteiger partial charge in [-0.05, 0) is 12.8 Å². The zero-order valence-corrected chi connectivity index (χ0v) is 10.2. The number of fused-ring (bicyclic) bond motifs is 2. The smallest absolute Gasteiger partial charge is 0.165 e. The van der Waals surface area contributed by atoms with Crippen LogP contribution in [0.5, 0.6) is 17.2 Å². The maximum Gasteiger partial charge on any atom is 0.165 e. The molecule has 0 amide bonds. The third kappa shape index (κ3) is 1.35. The molecular weight excluding hydrogens is 232 g/mol. The van der Waals surface area contributed by atoms with Crippen LogP contribution in [-0.2, 0) is 19.3 Å². The average molecular weight is 248 g/mol. The fourth-order valence-electron chi connectivity index (χ4n) is 3.02. The van der Waals surface area contributed by atoms with Crippen molar-refractivity contribution < 1.29 is 19.7 Å². The molecule has 1 aliphatic carbocycles. The number of hydrogen-bond donors (Lipinski definition) is 2. The molecule has 0 radical (unpaired) electrons. The third-order valence-corrected chi connectivity index (χ3v) is 4.22. The summed E-state index contributed by atoms with van der Waals surface area (Å²) in [5, 5.41) is 20.4. The summed E-state index contributed by atoms with van der Waals surface area (Å²) in [6.07, 6.45) is 3.87. The largest absolute Gasteiger partial charge is 0.504 e. The lowest BCUT2D eigenvalue weighted by Gasteiger charge is -2.16. The minimum absolute atomic E-state index is 0.251. The molecular formula is C14H16O4. The quantitative estimate of drug-likeness (QED) is 0.829. The van der Waals surface area contributed by atoms with Crippen LogP contribution in [0.1, 0.15) is 29.5 Å². The van der Waals surface area contributed by atoms with E-state index in [1.54, 1.807) is 0 Å². The Morgan fingerprint density at radius 3 is 2.39 bits per heavy atom. The van der Waals surface area contributed by atoms with Gasteiger partial charge in [-0.15, -0.1) is 0 Å². The lowest BCUT2D eigenvalue weighted by Crippen LogP contribution is -2.13. The van der Waals surface area contributed by atoms with Crippen LogP contribution in [0.2, 0.25) is 0 Å². The highest BCUT2D eigenvalue weighted by atomic mass is 16.5. The van der Waals surface area contributed by atoms with Gasteiger partial charge in [-0.25, -0.2) is 0 Å². The molecule has 0 spiro atoms. The maximum atomic E-state index is 10.2. The molecule has 0 saturated heterocycles. The maximum absolute atomic E-state index is 10.2. The lowest BCUT2D eigenvalue weighted by atomic mass is 9.94. The van der Waals surface area contributed by atoms with E-state index in [0.29, 0.717) is 25.4 Å². The molecule has 4 nitrogen and oxygen atoms in total. The topological polar surface area (TPSA) is 58.9 Å². The molecule has 0 aromatic heterocycles. The number of phenolic OH excluding ortho intramolecular Hbond substituents is 1. The summed E-state index contributed by atoms with van der Waals surface area (Å²) in [7, 11) is 0. The SMILES string of the molecule is Oc1c2c(c(CC3(O)CC3)c3c1OCC3)OCC2. The normalized spacial score (nSPS) is 22.1. The second kappa shape index (κ2) is 3.32. The first-order valence-electron chi connectivity index (χ1n) is 6.55. The first kappa shape index (κ1) is 10.5. The number of aliphatic hydroxyl groups is 1. The second-order valence-corrected chi connectivity index (χ2v) is 5.54. The van der Waals surface area contributed by atoms with Gasteiger partial charge in [0.25, 0.3) is 0 Å². The fourth-order valence-corrected chi connectivity index (χ4v) is 3.02. The Bertz CT molecular complexity index is 496. The fraction of sp³-hybridized carbons (Fsp3) is 0.571. The number of rotatable bonds is 2. The number of ether oxygens (including phenoxy) is 2. The summed E-state index contributed by atoms with van der Waals surface area (Å²) in [6.45, 7) is 1.22. The van der Waals surface area contributed by atoms with Crippen molar-refractivity contribution in [2.45, 2.75) is 37.7 Å². The highest BCUT2D eigenvalue weighted by molar-refractivity contribution is 5.65. The molecule has 18 heavy (non-hydrogen) atoms. The van der Waals surface area contributed by atoms with Crippen LogP contribution in [-0.4, -0.2) is 29.0 Å². The second-order valence-electron chi connectivity index (χ2n) is 5.54. The van der Waals surface area contributed by atoms with Crippen LogP contribution in [0.15, 0.2) is 0 Å². The van der Waals surface area contributed by atoms with Crippen LogP contribution in [0.25, 0.3) is 0 Å². The lowest BCUT2D eigenvalue weighted by molar-refractivity contribution is 0.149. The van der Waals surface area contributed by atoms with Gasteiger partial charge in [0.05, 0.1) is 18.8 Å². The third-order valence-electron chi connectivity index (χ3n) is 4.22. The minimum Gasteiger partial charge on any atom is -0.504 e. The van der Waals surface area contributed by atoms with E-state index in [9.17, 15) is 10.2 Å². The van der Waals surface area contributed by atoms with Gasteiger partial charge in [0.15, 0.2) is 11.5 Å². The first-order valence-corrected chi connectivity index (χ1v) is 6.55. The molecule has 2 aliphatic heterocycles. The van der Waals surface area contributed by atoms with Gasteiger partial charge in [0.1, 0.15) is 5.75 Å². The van der Waals surface area contributed by atoms with Crippen molar-refractivity contribution in [3.05, 3.63) is 16.7 Å². The van der Waals surface area contributed by atoms with E-state index < -0.39 is 5.60 Å². The molecule has 1 saturated carbocycles. The van der Waals surface area contributed by atoms with Crippen molar-refractivity contribution in [1.29, 1.82) is 0 Å². The molecule has 3 aliphatic rings. The van der Waals surface area contributed by atoms with Crippen LogP contribution in [0.4, 0.5) is 0 Å². The van der Waals surface area contributed by atoms with E-state index in [-0.39, 0.29) is 5.75 Å². The highest BCUT2D eigenvalue weighted by Crippen LogP contribution is 2.51. The van der Waals surface area contributed by atoms with Crippen LogP contribution < -0.4 is 9.47 Å². The minimum atomic E-state index is -0.549. The van der Waals surface area contributed by atoms with Crippen LogP contribution >= 0.6 is 0 Å². The summed E-state index contributed by atoms with van der Waals surface area (Å²) in [4.78, 5) is 0. The van der Waals surface area contributed by atoms with E-state index >= 15 is 0 Å². The molecule has 96 valence electrons. The van der Waals surface area contributed by atoms with Crippen LogP contribution in [0, 0.1) is 0 Å². The molecule has 0 unspecified atom stereocenters. The summed E-state index contributed by atoms with van der Waals surface area (Å²) in [5.41, 5.74) is 2.41. The van der Waals surface area contributed by atoms with E-state index in [4.69, 9.17) is 9.47 Å². The number of hydrogen-bond acceptors (Lipinski definition) is 4. The molecule has 0 bridgehead atoms. The summed E-state index contributed by atoms with van der Waals surface area (Å²) in [5.74, 6) is 1.68. The Labute approximate surface area is 105 Å². The summed E-state index contributed by atoms with van der Waals surface area (Å²) >= 11 is 0. The predicted molar refractivity (Wildman–Crippen MR) is 64.4 cm³/mol. The Morgan fingerprint density at radius 1 is 1.00 bits per heavy atom. The van der Waals surface area contributed by atoms with Gasteiger partial charge in [-0.3, -0.25) is 0 Å². The Hall–Kier alpha value is -1.42. The number of benzene rings is 1. The molecule has 1 fully saturated rings. The highest BCUT2D eigenvalue weighted by Gasteiger charge is 2.43. The van der Waals surface area contributed by atoms with E-state index in [0.717, 1.165) is 48.1 Å². The van der Waals surface area contributed by atoms with Gasteiger partial charge in [-0.2, -0.15) is 0 Å². The van der Waals surface area contributed by atoms with Gasteiger partial charge in [-0.1, -0.05) is 0 Å². The molecule has 4 heteroatoms. The zero-order chi connectivity index (χ0) is 12.3. The van der Waals surface area contributed by atoms with Gasteiger partial charge < -0.3 is 19.7 Å². The zero-order valence-electron chi connectivity index (χ0n) is 10.2. The molecule has 1 aromatic carbocycles. The van der Waals surface area contributed by atoms with Crippen molar-refractivity contribution in [2.75, 3.05) is 13.2 Å². The van der Waals surface area contributed by atoms with Gasteiger partial charge in [0, 0.05) is 36.0 Å². The molecule has 2 N–H and O–H groups in total. The number of aromatic hydroxyl groups is 1. The molecule has 1 aromatic rings. The molecule has 2 heterocycles. The Morgan fingerprint density at radius 2 is 1.67 bits per heavy atom. The van der Waals surface area contributed by atoms with Crippen molar-refractivity contribution in [3.63, 3.8) is 0 Å². The molecule has 0 atom stereocenters. The van der Waals surface area contributed by atoms with E-state index in [2.05, 4.69) is 0 Å². The summed E-state index contributed by atoms with van der Waals surface area (Å²) in [6, 6.07) is 0. The average Bonchev–Trinajstić information content (AvgIpc) is 2.87. The standard InChI is InChI=1S/C14H16O4/c15-11-9-2-6-17-12(9)10(7-14(16)3-4-14)8-1-5-18-13(8)11/h15-16H,1-7H2.